The summed E-state index contributed by atoms with van der Waals surface area (Å²) < 4.78 is 0. The first-order chi connectivity index (χ1) is 9.74. The molecule has 0 bridgehead atoms. The van der Waals surface area contributed by atoms with Crippen LogP contribution in [0.5, 0.6) is 0 Å². The van der Waals surface area contributed by atoms with Gasteiger partial charge >= 0.3 is 0 Å². The van der Waals surface area contributed by atoms with Crippen molar-refractivity contribution >= 4 is 11.8 Å². The Morgan fingerprint density at radius 1 is 1.00 bits per heavy atom. The summed E-state index contributed by atoms with van der Waals surface area (Å²) in [5.41, 5.74) is 0. The molecule has 0 aromatic rings. The number of nitrogens with one attached hydrogen (secondary N) is 2. The Kier molecular flexibility index (Phi) is 4.24. The zero-order valence-corrected chi connectivity index (χ0v) is 12.1. The maximum absolute atomic E-state index is 12.4. The van der Waals surface area contributed by atoms with Gasteiger partial charge in [-0.05, 0) is 45.1 Å². The maximum Gasteiger partial charge on any atom is 0.239 e. The molecule has 2 aliphatic heterocycles. The summed E-state index contributed by atoms with van der Waals surface area (Å²) in [4.78, 5) is 26.1. The predicted molar refractivity (Wildman–Crippen MR) is 76.1 cm³/mol. The molecule has 1 aliphatic carbocycles. The van der Waals surface area contributed by atoms with Crippen LogP contribution in [-0.2, 0) is 9.59 Å². The molecule has 5 heteroatoms. The number of nitrogens with zero attached hydrogens (tertiary/aromatic N) is 1. The summed E-state index contributed by atoms with van der Waals surface area (Å²) >= 11 is 0. The summed E-state index contributed by atoms with van der Waals surface area (Å²) in [7, 11) is 0. The van der Waals surface area contributed by atoms with E-state index in [0.717, 1.165) is 58.2 Å². The highest BCUT2D eigenvalue weighted by molar-refractivity contribution is 5.82. The van der Waals surface area contributed by atoms with Crippen LogP contribution >= 0.6 is 0 Å². The van der Waals surface area contributed by atoms with Gasteiger partial charge in [-0.1, -0.05) is 6.42 Å². The van der Waals surface area contributed by atoms with Gasteiger partial charge in [0, 0.05) is 25.0 Å². The third-order valence-electron chi connectivity index (χ3n) is 4.71. The quantitative estimate of drug-likeness (QED) is 0.797. The Hall–Kier alpha value is -1.10. The lowest BCUT2D eigenvalue weighted by Gasteiger charge is -2.35. The van der Waals surface area contributed by atoms with Gasteiger partial charge in [0.2, 0.25) is 11.8 Å². The molecule has 2 N–H and O–H groups in total. The number of carbonyl (C=O) groups excluding carboxylic acids is 2. The summed E-state index contributed by atoms with van der Waals surface area (Å²) in [6.45, 7) is 2.53. The molecule has 2 saturated heterocycles. The first kappa shape index (κ1) is 13.9. The van der Waals surface area contributed by atoms with Crippen LogP contribution < -0.4 is 10.6 Å². The SMILES string of the molecule is O=C(NC1CCN(C(=O)C2CCCCN2)CC1)C1CC1. The summed E-state index contributed by atoms with van der Waals surface area (Å²) in [5, 5.41) is 6.45. The van der Waals surface area contributed by atoms with E-state index in [1.807, 2.05) is 4.90 Å². The monoisotopic (exact) mass is 279 g/mol. The Morgan fingerprint density at radius 2 is 1.75 bits per heavy atom. The van der Waals surface area contributed by atoms with Crippen molar-refractivity contribution < 1.29 is 9.59 Å². The van der Waals surface area contributed by atoms with Crippen LogP contribution in [0.25, 0.3) is 0 Å². The predicted octanol–water partition coefficient (Wildman–Crippen LogP) is 0.646. The van der Waals surface area contributed by atoms with Crippen molar-refractivity contribution in [2.45, 2.75) is 57.0 Å². The molecule has 112 valence electrons. The maximum atomic E-state index is 12.4. The van der Waals surface area contributed by atoms with Gasteiger partial charge < -0.3 is 15.5 Å². The van der Waals surface area contributed by atoms with Crippen LogP contribution in [0.4, 0.5) is 0 Å². The van der Waals surface area contributed by atoms with Gasteiger partial charge in [0.15, 0.2) is 0 Å². The van der Waals surface area contributed by atoms with Crippen LogP contribution in [0.3, 0.4) is 0 Å². The largest absolute Gasteiger partial charge is 0.353 e. The van der Waals surface area contributed by atoms with Crippen molar-refractivity contribution in [3.05, 3.63) is 0 Å². The van der Waals surface area contributed by atoms with Crippen LogP contribution in [0.2, 0.25) is 0 Å². The smallest absolute Gasteiger partial charge is 0.239 e. The summed E-state index contributed by atoms with van der Waals surface area (Å²) in [6.07, 6.45) is 7.20. The van der Waals surface area contributed by atoms with Crippen molar-refractivity contribution in [1.82, 2.24) is 15.5 Å². The number of carbonyl (C=O) groups is 2. The van der Waals surface area contributed by atoms with E-state index in [4.69, 9.17) is 0 Å². The van der Waals surface area contributed by atoms with Crippen molar-refractivity contribution in [2.75, 3.05) is 19.6 Å². The molecule has 20 heavy (non-hydrogen) atoms. The van der Waals surface area contributed by atoms with Gasteiger partial charge in [-0.25, -0.2) is 0 Å². The third-order valence-corrected chi connectivity index (χ3v) is 4.71. The van der Waals surface area contributed by atoms with E-state index in [-0.39, 0.29) is 29.8 Å². The molecule has 1 saturated carbocycles. The van der Waals surface area contributed by atoms with Crippen molar-refractivity contribution in [2.24, 2.45) is 5.92 Å². The topological polar surface area (TPSA) is 61.4 Å². The second kappa shape index (κ2) is 6.12. The fraction of sp³-hybridized carbons (Fsp3) is 0.867. The van der Waals surface area contributed by atoms with Crippen molar-refractivity contribution in [1.29, 1.82) is 0 Å². The van der Waals surface area contributed by atoms with Gasteiger partial charge in [-0.3, -0.25) is 9.59 Å². The number of amides is 2. The normalized spacial score (nSPS) is 28.2. The lowest BCUT2D eigenvalue weighted by molar-refractivity contribution is -0.135. The fourth-order valence-corrected chi connectivity index (χ4v) is 3.19. The minimum absolute atomic E-state index is 0.0290. The average molecular weight is 279 g/mol. The van der Waals surface area contributed by atoms with Gasteiger partial charge in [-0.2, -0.15) is 0 Å². The zero-order valence-electron chi connectivity index (χ0n) is 12.1. The highest BCUT2D eigenvalue weighted by Crippen LogP contribution is 2.29. The van der Waals surface area contributed by atoms with E-state index in [1.165, 1.54) is 6.42 Å². The molecule has 3 rings (SSSR count). The van der Waals surface area contributed by atoms with Gasteiger partial charge in [0.25, 0.3) is 0 Å². The average Bonchev–Trinajstić information content (AvgIpc) is 3.33. The molecule has 3 fully saturated rings. The molecule has 0 aromatic carbocycles. The van der Waals surface area contributed by atoms with Crippen LogP contribution in [-0.4, -0.2) is 48.4 Å². The van der Waals surface area contributed by atoms with E-state index >= 15 is 0 Å². The Labute approximate surface area is 120 Å². The Morgan fingerprint density at radius 3 is 2.35 bits per heavy atom. The van der Waals surface area contributed by atoms with E-state index in [9.17, 15) is 9.59 Å². The summed E-state index contributed by atoms with van der Waals surface area (Å²) in [6, 6.07) is 0.299. The first-order valence-corrected chi connectivity index (χ1v) is 8.06. The van der Waals surface area contributed by atoms with Gasteiger partial charge in [0.05, 0.1) is 6.04 Å². The molecule has 2 amide bonds. The standard InChI is InChI=1S/C15H25N3O2/c19-14(11-4-5-11)17-12-6-9-18(10-7-12)15(20)13-3-1-2-8-16-13/h11-13,16H,1-10H2,(H,17,19). The van der Waals surface area contributed by atoms with E-state index in [0.29, 0.717) is 0 Å². The molecule has 1 atom stereocenters. The Bertz CT molecular complexity index is 367. The molecule has 5 nitrogen and oxygen atoms in total. The summed E-state index contributed by atoms with van der Waals surface area (Å²) in [5.74, 6) is 0.765. The first-order valence-electron chi connectivity index (χ1n) is 8.06. The third kappa shape index (κ3) is 3.32. The molecular weight excluding hydrogens is 254 g/mol. The molecule has 1 unspecified atom stereocenters. The number of likely N-dealkylation sites (tertiary alicyclic amines) is 1. The van der Waals surface area contributed by atoms with Gasteiger partial charge in [-0.15, -0.1) is 0 Å². The molecule has 3 aliphatic rings. The molecular formula is C15H25N3O2. The van der Waals surface area contributed by atoms with Crippen molar-refractivity contribution in [3.63, 3.8) is 0 Å². The van der Waals surface area contributed by atoms with Gasteiger partial charge in [0.1, 0.15) is 0 Å². The Balaban J connectivity index is 1.42. The molecule has 0 radical (unpaired) electrons. The van der Waals surface area contributed by atoms with Crippen LogP contribution in [0, 0.1) is 5.92 Å². The molecule has 0 spiro atoms. The lowest BCUT2D eigenvalue weighted by atomic mass is 10.0. The highest BCUT2D eigenvalue weighted by atomic mass is 16.2. The number of rotatable bonds is 3. The number of hydrogen-bond donors (Lipinski definition) is 2. The van der Waals surface area contributed by atoms with E-state index in [1.54, 1.807) is 0 Å². The molecule has 0 aromatic heterocycles. The van der Waals surface area contributed by atoms with E-state index < -0.39 is 0 Å². The van der Waals surface area contributed by atoms with Crippen molar-refractivity contribution in [3.8, 4) is 0 Å². The fourth-order valence-electron chi connectivity index (χ4n) is 3.19. The zero-order chi connectivity index (χ0) is 13.9. The van der Waals surface area contributed by atoms with Crippen LogP contribution in [0.15, 0.2) is 0 Å². The highest BCUT2D eigenvalue weighted by Gasteiger charge is 2.33. The minimum Gasteiger partial charge on any atom is -0.353 e. The second-order valence-electron chi connectivity index (χ2n) is 6.38. The number of hydrogen-bond acceptors (Lipinski definition) is 3. The minimum atomic E-state index is 0.0290. The lowest BCUT2D eigenvalue weighted by Crippen LogP contribution is -2.53. The van der Waals surface area contributed by atoms with E-state index in [2.05, 4.69) is 10.6 Å². The number of piperidine rings is 2. The second-order valence-corrected chi connectivity index (χ2v) is 6.38. The molecule has 2 heterocycles. The van der Waals surface area contributed by atoms with Crippen LogP contribution in [0.1, 0.15) is 44.9 Å².